The minimum Gasteiger partial charge on any atom is -0.423 e. The first-order chi connectivity index (χ1) is 7.56. The van der Waals surface area contributed by atoms with Crippen molar-refractivity contribution >= 4 is 12.2 Å². The molecular weight excluding hydrogens is 200 g/mol. The van der Waals surface area contributed by atoms with Crippen LogP contribution < -0.4 is 16.3 Å². The molecular formula is C14H16O2. The van der Waals surface area contributed by atoms with E-state index in [1.54, 1.807) is 6.92 Å². The second-order valence-corrected chi connectivity index (χ2v) is 4.47. The van der Waals surface area contributed by atoms with Crippen molar-refractivity contribution in [2.75, 3.05) is 0 Å². The van der Waals surface area contributed by atoms with Gasteiger partial charge in [0.25, 0.3) is 0 Å². The molecule has 0 aliphatic heterocycles. The van der Waals surface area contributed by atoms with Crippen LogP contribution in [-0.4, -0.2) is 0 Å². The monoisotopic (exact) mass is 216 g/mol. The van der Waals surface area contributed by atoms with Crippen molar-refractivity contribution < 1.29 is 4.42 Å². The van der Waals surface area contributed by atoms with Crippen LogP contribution >= 0.6 is 0 Å². The minimum absolute atomic E-state index is 0.243. The van der Waals surface area contributed by atoms with Gasteiger partial charge in [-0.2, -0.15) is 0 Å². The SMILES string of the molecule is Cc1cc2/c(oc1=O)=C\C(C)/C=C\C(C)\C=2. The molecule has 16 heavy (non-hydrogen) atoms. The lowest BCUT2D eigenvalue weighted by Crippen LogP contribution is -2.32. The van der Waals surface area contributed by atoms with E-state index in [1.807, 2.05) is 12.1 Å². The third-order valence-electron chi connectivity index (χ3n) is 2.76. The van der Waals surface area contributed by atoms with Crippen LogP contribution in [0.4, 0.5) is 0 Å². The van der Waals surface area contributed by atoms with Crippen molar-refractivity contribution in [3.05, 3.63) is 44.8 Å². The molecule has 2 heteroatoms. The molecule has 0 N–H and O–H groups in total. The fourth-order valence-electron chi connectivity index (χ4n) is 1.85. The van der Waals surface area contributed by atoms with Crippen LogP contribution in [0.3, 0.4) is 0 Å². The van der Waals surface area contributed by atoms with Gasteiger partial charge >= 0.3 is 5.63 Å². The molecule has 0 aromatic carbocycles. The standard InChI is InChI=1S/C14H16O2/c1-9-4-5-10(2)7-13-12(6-9)8-11(3)14(15)16-13/h4-10H,1-3H3/b5-4-,12-6-,13-7+. The maximum Gasteiger partial charge on any atom is 0.339 e. The van der Waals surface area contributed by atoms with Crippen molar-refractivity contribution in [2.45, 2.75) is 20.8 Å². The Labute approximate surface area is 94.6 Å². The van der Waals surface area contributed by atoms with Crippen LogP contribution in [0.1, 0.15) is 19.4 Å². The maximum absolute atomic E-state index is 11.5. The molecule has 0 saturated carbocycles. The van der Waals surface area contributed by atoms with Gasteiger partial charge in [0.15, 0.2) is 0 Å². The summed E-state index contributed by atoms with van der Waals surface area (Å²) < 4.78 is 5.31. The molecule has 0 saturated heterocycles. The highest BCUT2D eigenvalue weighted by molar-refractivity contribution is 5.37. The summed E-state index contributed by atoms with van der Waals surface area (Å²) in [7, 11) is 0. The van der Waals surface area contributed by atoms with Gasteiger partial charge in [-0.1, -0.05) is 32.1 Å². The first-order valence-corrected chi connectivity index (χ1v) is 5.59. The smallest absolute Gasteiger partial charge is 0.339 e. The Balaban J connectivity index is 2.81. The first-order valence-electron chi connectivity index (χ1n) is 5.59. The van der Waals surface area contributed by atoms with E-state index in [2.05, 4.69) is 32.1 Å². The molecule has 84 valence electrons. The average molecular weight is 216 g/mol. The summed E-state index contributed by atoms with van der Waals surface area (Å²) in [4.78, 5) is 11.5. The molecule has 0 fully saturated rings. The molecule has 1 aliphatic carbocycles. The second-order valence-electron chi connectivity index (χ2n) is 4.47. The van der Waals surface area contributed by atoms with Crippen LogP contribution in [0.2, 0.25) is 0 Å². The summed E-state index contributed by atoms with van der Waals surface area (Å²) >= 11 is 0. The largest absolute Gasteiger partial charge is 0.423 e. The van der Waals surface area contributed by atoms with Crippen LogP contribution in [0.5, 0.6) is 0 Å². The van der Waals surface area contributed by atoms with Crippen molar-refractivity contribution in [3.63, 3.8) is 0 Å². The van der Waals surface area contributed by atoms with Crippen molar-refractivity contribution in [3.8, 4) is 0 Å². The van der Waals surface area contributed by atoms with Gasteiger partial charge in [-0.3, -0.25) is 0 Å². The highest BCUT2D eigenvalue weighted by atomic mass is 16.4. The predicted molar refractivity (Wildman–Crippen MR) is 65.4 cm³/mol. The summed E-state index contributed by atoms with van der Waals surface area (Å²) in [5, 5.41) is 1.01. The van der Waals surface area contributed by atoms with Gasteiger partial charge in [-0.15, -0.1) is 0 Å². The molecule has 2 unspecified atom stereocenters. The van der Waals surface area contributed by atoms with Crippen LogP contribution in [-0.2, 0) is 0 Å². The van der Waals surface area contributed by atoms with Gasteiger partial charge in [0, 0.05) is 10.8 Å². The summed E-state index contributed by atoms with van der Waals surface area (Å²) in [6, 6.07) is 1.90. The number of hydrogen-bond acceptors (Lipinski definition) is 2. The molecule has 1 heterocycles. The Hall–Kier alpha value is -1.57. The molecule has 1 aromatic rings. The average Bonchev–Trinajstić information content (AvgIpc) is 2.21. The fraction of sp³-hybridized carbons (Fsp3) is 0.357. The summed E-state index contributed by atoms with van der Waals surface area (Å²) in [5.74, 6) is 0.655. The summed E-state index contributed by atoms with van der Waals surface area (Å²) in [6.07, 6.45) is 8.40. The third kappa shape index (κ3) is 2.16. The molecule has 1 aliphatic rings. The normalized spacial score (nSPS) is 29.9. The zero-order valence-electron chi connectivity index (χ0n) is 9.86. The number of hydrogen-bond donors (Lipinski definition) is 0. The molecule has 1 aromatic heterocycles. The summed E-state index contributed by atoms with van der Waals surface area (Å²) in [6.45, 7) is 5.99. The van der Waals surface area contributed by atoms with Gasteiger partial charge in [0.2, 0.25) is 0 Å². The lowest BCUT2D eigenvalue weighted by molar-refractivity contribution is 0.465. The van der Waals surface area contributed by atoms with E-state index in [0.29, 0.717) is 22.8 Å². The Morgan fingerprint density at radius 1 is 1.12 bits per heavy atom. The molecule has 0 bridgehead atoms. The molecule has 2 nitrogen and oxygen atoms in total. The maximum atomic E-state index is 11.5. The van der Waals surface area contributed by atoms with Crippen LogP contribution in [0, 0.1) is 18.8 Å². The van der Waals surface area contributed by atoms with E-state index in [1.165, 1.54) is 0 Å². The highest BCUT2D eigenvalue weighted by Crippen LogP contribution is 2.06. The lowest BCUT2D eigenvalue weighted by Gasteiger charge is -2.05. The van der Waals surface area contributed by atoms with E-state index in [0.717, 1.165) is 5.22 Å². The Morgan fingerprint density at radius 2 is 1.75 bits per heavy atom. The molecule has 0 radical (unpaired) electrons. The first kappa shape index (κ1) is 10.9. The topological polar surface area (TPSA) is 30.2 Å². The van der Waals surface area contributed by atoms with Crippen molar-refractivity contribution in [1.82, 2.24) is 0 Å². The van der Waals surface area contributed by atoms with Crippen LogP contribution in [0.15, 0.2) is 27.4 Å². The quantitative estimate of drug-likeness (QED) is 0.613. The number of fused-ring (bicyclic) bond motifs is 1. The zero-order chi connectivity index (χ0) is 11.7. The Kier molecular flexibility index (Phi) is 2.82. The van der Waals surface area contributed by atoms with E-state index in [-0.39, 0.29) is 5.63 Å². The third-order valence-corrected chi connectivity index (χ3v) is 2.76. The molecule has 0 spiro atoms. The van der Waals surface area contributed by atoms with Crippen LogP contribution in [0.25, 0.3) is 12.2 Å². The van der Waals surface area contributed by atoms with Crippen molar-refractivity contribution in [2.24, 2.45) is 11.8 Å². The number of allylic oxidation sites excluding steroid dienone is 2. The van der Waals surface area contributed by atoms with E-state index in [9.17, 15) is 4.79 Å². The van der Waals surface area contributed by atoms with E-state index < -0.39 is 0 Å². The van der Waals surface area contributed by atoms with Gasteiger partial charge in [0.1, 0.15) is 5.42 Å². The van der Waals surface area contributed by atoms with Gasteiger partial charge in [-0.05, 0) is 30.9 Å². The Morgan fingerprint density at radius 3 is 2.44 bits per heavy atom. The number of aryl methyl sites for hydroxylation is 1. The molecule has 2 rings (SSSR count). The second kappa shape index (κ2) is 4.12. The molecule has 0 amide bonds. The zero-order valence-corrected chi connectivity index (χ0v) is 9.86. The summed E-state index contributed by atoms with van der Waals surface area (Å²) in [5.41, 5.74) is 1.11. The van der Waals surface area contributed by atoms with Gasteiger partial charge < -0.3 is 4.42 Å². The fourth-order valence-corrected chi connectivity index (χ4v) is 1.85. The van der Waals surface area contributed by atoms with E-state index in [4.69, 9.17) is 4.42 Å². The predicted octanol–water partition coefficient (Wildman–Crippen LogP) is 1.35. The Bertz CT molecular complexity index is 590. The lowest BCUT2D eigenvalue weighted by atomic mass is 10.0. The number of rotatable bonds is 0. The van der Waals surface area contributed by atoms with Gasteiger partial charge in [0.05, 0.1) is 0 Å². The molecule has 2 atom stereocenters. The highest BCUT2D eigenvalue weighted by Gasteiger charge is 2.03. The minimum atomic E-state index is -0.243. The van der Waals surface area contributed by atoms with E-state index >= 15 is 0 Å². The van der Waals surface area contributed by atoms with Crippen molar-refractivity contribution in [1.29, 1.82) is 0 Å². The van der Waals surface area contributed by atoms with Gasteiger partial charge in [-0.25, -0.2) is 4.79 Å².